The third-order valence-corrected chi connectivity index (χ3v) is 8.07. The topological polar surface area (TPSA) is 111 Å². The smallest absolute Gasteiger partial charge is 0.234 e. The number of fused-ring (bicyclic) bond motifs is 1. The minimum atomic E-state index is -1.14. The van der Waals surface area contributed by atoms with Crippen LogP contribution in [0.1, 0.15) is 68.6 Å². The Labute approximate surface area is 266 Å². The van der Waals surface area contributed by atoms with E-state index in [1.165, 1.54) is 0 Å². The summed E-state index contributed by atoms with van der Waals surface area (Å²) in [6, 6.07) is 15.3. The molecule has 8 nitrogen and oxygen atoms in total. The second-order valence-corrected chi connectivity index (χ2v) is 10.9. The number of benzene rings is 2. The Morgan fingerprint density at radius 3 is 2.51 bits per heavy atom. The number of aliphatic hydroxyl groups is 1. The number of β-amino-alcohol motifs (C(OH)–C–C–N with tert-alkyl or cyclic N) is 1. The quantitative estimate of drug-likeness (QED) is 0.144. The van der Waals surface area contributed by atoms with Crippen LogP contribution in [-0.4, -0.2) is 61.4 Å². The first-order valence-electron chi connectivity index (χ1n) is 14.5. The number of nitrogens with zero attached hydrogens (tertiary/aromatic N) is 3. The van der Waals surface area contributed by atoms with E-state index in [0.717, 1.165) is 23.4 Å². The first-order valence-corrected chi connectivity index (χ1v) is 15.7. The van der Waals surface area contributed by atoms with Crippen molar-refractivity contribution in [2.24, 2.45) is 0 Å². The van der Waals surface area contributed by atoms with Gasteiger partial charge in [-0.3, -0.25) is 29.9 Å². The fourth-order valence-electron chi connectivity index (χ4n) is 6.02. The number of amides is 2. The molecule has 0 aliphatic carbocycles. The summed E-state index contributed by atoms with van der Waals surface area (Å²) in [6.45, 7) is 7.58. The number of carbonyl (C=O) groups is 2. The van der Waals surface area contributed by atoms with Crippen molar-refractivity contribution < 1.29 is 19.1 Å². The van der Waals surface area contributed by atoms with Crippen molar-refractivity contribution in [1.82, 2.24) is 25.4 Å². The van der Waals surface area contributed by atoms with Gasteiger partial charge in [-0.25, -0.2) is 4.39 Å². The zero-order chi connectivity index (χ0) is 31.1. The number of H-pyrrole nitrogens is 1. The van der Waals surface area contributed by atoms with Crippen molar-refractivity contribution in [1.29, 1.82) is 0 Å². The molecule has 3 atom stereocenters. The molecule has 43 heavy (non-hydrogen) atoms. The molecule has 2 amide bonds. The highest BCUT2D eigenvalue weighted by Crippen LogP contribution is 2.40. The van der Waals surface area contributed by atoms with Crippen LogP contribution in [0.3, 0.4) is 0 Å². The van der Waals surface area contributed by atoms with Crippen molar-refractivity contribution in [3.63, 3.8) is 0 Å². The average Bonchev–Trinajstić information content (AvgIpc) is 3.55. The molecule has 2 fully saturated rings. The van der Waals surface area contributed by atoms with Crippen molar-refractivity contribution >= 4 is 50.8 Å². The largest absolute Gasteiger partial charge is 0.388 e. The maximum Gasteiger partial charge on any atom is 0.234 e. The number of likely N-dealkylation sites (tertiary alicyclic amines) is 1. The molecule has 4 heterocycles. The molecule has 3 N–H and O–H groups in total. The molecule has 4 aromatic rings. The first kappa shape index (κ1) is 32.8. The van der Waals surface area contributed by atoms with E-state index in [4.69, 9.17) is 0 Å². The maximum absolute atomic E-state index is 16.0. The fourth-order valence-corrected chi connectivity index (χ4v) is 6.02. The highest BCUT2D eigenvalue weighted by Gasteiger charge is 2.40. The normalized spacial score (nSPS) is 22.2. The Morgan fingerprint density at radius 1 is 1.12 bits per heavy atom. The lowest BCUT2D eigenvalue weighted by Gasteiger charge is -2.43. The van der Waals surface area contributed by atoms with Gasteiger partial charge in [0, 0.05) is 43.2 Å². The zero-order valence-corrected chi connectivity index (χ0v) is 26.8. The van der Waals surface area contributed by atoms with Gasteiger partial charge in [-0.1, -0.05) is 44.2 Å². The molecule has 2 aromatic carbocycles. The van der Waals surface area contributed by atoms with Crippen LogP contribution in [0.15, 0.2) is 60.9 Å². The van der Waals surface area contributed by atoms with Crippen molar-refractivity contribution in [2.75, 3.05) is 13.1 Å². The Kier molecular flexibility index (Phi) is 11.1. The van der Waals surface area contributed by atoms with Gasteiger partial charge in [0.2, 0.25) is 11.8 Å². The predicted octanol–water partition coefficient (Wildman–Crippen LogP) is 5.56. The van der Waals surface area contributed by atoms with E-state index < -0.39 is 17.3 Å². The minimum Gasteiger partial charge on any atom is -0.388 e. The lowest BCUT2D eigenvalue weighted by molar-refractivity contribution is -0.134. The van der Waals surface area contributed by atoms with E-state index in [1.807, 2.05) is 19.9 Å². The molecule has 224 valence electrons. The number of piperidine rings is 2. The summed E-state index contributed by atoms with van der Waals surface area (Å²) >= 11 is 1.65. The van der Waals surface area contributed by atoms with Crippen LogP contribution in [0.25, 0.3) is 22.2 Å². The number of hydrogen-bond donors (Lipinski definition) is 3. The summed E-state index contributed by atoms with van der Waals surface area (Å²) in [5.74, 6) is -2.02. The van der Waals surface area contributed by atoms with E-state index >= 15 is 4.39 Å². The minimum absolute atomic E-state index is 0.243. The molecule has 3 unspecified atom stereocenters. The second kappa shape index (κ2) is 14.5. The molecule has 2 aliphatic rings. The molecule has 0 saturated carbocycles. The van der Waals surface area contributed by atoms with E-state index in [0.29, 0.717) is 48.0 Å². The lowest BCUT2D eigenvalue weighted by Crippen LogP contribution is -2.50. The first-order chi connectivity index (χ1) is 20.8. The molecule has 2 radical (unpaired) electrons. The van der Waals surface area contributed by atoms with E-state index in [1.54, 1.807) is 59.9 Å². The maximum atomic E-state index is 16.0. The van der Waals surface area contributed by atoms with Gasteiger partial charge in [0.15, 0.2) is 5.70 Å². The van der Waals surface area contributed by atoms with Crippen LogP contribution >= 0.6 is 22.4 Å². The zero-order valence-electron chi connectivity index (χ0n) is 24.6. The summed E-state index contributed by atoms with van der Waals surface area (Å²) in [6.07, 6.45) is 4.52. The molecule has 11 heteroatoms. The second-order valence-electron chi connectivity index (χ2n) is 10.9. The van der Waals surface area contributed by atoms with Crippen molar-refractivity contribution in [2.45, 2.75) is 64.0 Å². The number of carbonyl (C=O) groups excluding carboxylic acids is 2. The molecular weight excluding hydrogens is 659 g/mol. The number of aromatic nitrogens is 3. The van der Waals surface area contributed by atoms with Crippen molar-refractivity contribution in [3.05, 3.63) is 83.4 Å². The number of halogens is 2. The van der Waals surface area contributed by atoms with Gasteiger partial charge in [-0.15, -0.1) is 0 Å². The average molecular weight is 695 g/mol. The van der Waals surface area contributed by atoms with E-state index in [2.05, 4.69) is 55.4 Å². The van der Waals surface area contributed by atoms with Crippen LogP contribution in [0.4, 0.5) is 4.39 Å². The van der Waals surface area contributed by atoms with Crippen LogP contribution in [0.5, 0.6) is 0 Å². The van der Waals surface area contributed by atoms with Crippen LogP contribution in [0.2, 0.25) is 0 Å². The van der Waals surface area contributed by atoms with Gasteiger partial charge >= 0.3 is 0 Å². The van der Waals surface area contributed by atoms with Gasteiger partial charge < -0.3 is 5.11 Å². The molecule has 0 spiro atoms. The number of imide groups is 1. The third kappa shape index (κ3) is 7.33. The molecular formula is C32H36BFIN5O3. The van der Waals surface area contributed by atoms with Crippen LogP contribution in [0, 0.1) is 5.82 Å². The molecule has 2 aromatic heterocycles. The molecule has 2 saturated heterocycles. The molecule has 6 rings (SSSR count). The molecule has 0 bridgehead atoms. The van der Waals surface area contributed by atoms with Gasteiger partial charge in [0.25, 0.3) is 0 Å². The van der Waals surface area contributed by atoms with Crippen molar-refractivity contribution in [3.8, 4) is 11.3 Å². The van der Waals surface area contributed by atoms with Crippen LogP contribution < -0.4 is 5.32 Å². The highest BCUT2D eigenvalue weighted by atomic mass is 127. The monoisotopic (exact) mass is 695 g/mol. The fraction of sp³-hybridized carbons (Fsp3) is 0.375. The lowest BCUT2D eigenvalue weighted by atomic mass is 9.77. The predicted molar refractivity (Wildman–Crippen MR) is 175 cm³/mol. The van der Waals surface area contributed by atoms with Gasteiger partial charge in [-0.05, 0) is 66.8 Å². The van der Waals surface area contributed by atoms with E-state index in [-0.39, 0.29) is 24.2 Å². The third-order valence-electron chi connectivity index (χ3n) is 8.07. The number of rotatable bonds is 5. The van der Waals surface area contributed by atoms with Gasteiger partial charge in [0.1, 0.15) is 5.82 Å². The molecule has 2 aliphatic heterocycles. The Bertz CT molecular complexity index is 1550. The summed E-state index contributed by atoms with van der Waals surface area (Å²) < 4.78 is 16.0. The standard InChI is InChI=1S/C30H30FN5O3.C2H6.BI/c1-30(39)17-36(16-18-2-4-19(5-3-18)25-10-12-33-35-25)13-11-24(30)22-6-8-26-23(28(22)31)14-20(15-32-26)21-7-9-27(37)34-29(21)38;2*1-2/h2-6,8,10,12,14-15,21,24,39H,7,9,11,13,16-17H2,1H3,(H,33,35)(H,34,37,38);1-2H3;. The SMILES string of the molecule is CC.CC1(O)CN(Cc2ccc(-c3ccn[nH]3)cc2)CCC1c1ccc2ncc(C3CCC(=O)NC3=O)cc2c1F.[B]I. The Morgan fingerprint density at radius 2 is 1.86 bits per heavy atom. The van der Waals surface area contributed by atoms with E-state index in [9.17, 15) is 14.7 Å². The summed E-state index contributed by atoms with van der Waals surface area (Å²) in [7, 11) is 0. The summed E-state index contributed by atoms with van der Waals surface area (Å²) in [5, 5.41) is 21.1. The Hall–Kier alpha value is -3.16. The highest BCUT2D eigenvalue weighted by molar-refractivity contribution is 14.1. The number of nitrogens with one attached hydrogen (secondary N) is 2. The van der Waals surface area contributed by atoms with Gasteiger partial charge in [0.05, 0.1) is 22.7 Å². The number of hydrogen-bond acceptors (Lipinski definition) is 6. The van der Waals surface area contributed by atoms with Gasteiger partial charge in [-0.2, -0.15) is 27.5 Å². The Balaban J connectivity index is 0.00000102. The van der Waals surface area contributed by atoms with Crippen LogP contribution in [-0.2, 0) is 16.1 Å². The number of aromatic amines is 1. The summed E-state index contributed by atoms with van der Waals surface area (Å²) in [4.78, 5) is 30.5. The summed E-state index contributed by atoms with van der Waals surface area (Å²) in [5.41, 5.74) is 8.02. The number of pyridine rings is 1.